The van der Waals surface area contributed by atoms with E-state index in [1.54, 1.807) is 19.2 Å². The number of carbonyl (C=O) groups is 1. The maximum absolute atomic E-state index is 11.8. The number of rotatable bonds is 5. The molecule has 1 amide bonds. The summed E-state index contributed by atoms with van der Waals surface area (Å²) in [4.78, 5) is 11.8. The minimum atomic E-state index is -0.250. The maximum atomic E-state index is 11.8. The van der Waals surface area contributed by atoms with E-state index in [0.29, 0.717) is 5.75 Å². The molecule has 0 spiro atoms. The molecule has 2 rings (SSSR count). The summed E-state index contributed by atoms with van der Waals surface area (Å²) in [7, 11) is 1.56. The molecule has 0 fully saturated rings. The Morgan fingerprint density at radius 1 is 1.30 bits per heavy atom. The Hall–Kier alpha value is -1.86. The van der Waals surface area contributed by atoms with E-state index in [4.69, 9.17) is 4.74 Å². The number of phenols is 1. The van der Waals surface area contributed by atoms with Crippen molar-refractivity contribution < 1.29 is 14.6 Å². The second kappa shape index (κ2) is 8.12. The van der Waals surface area contributed by atoms with E-state index in [0.717, 1.165) is 20.1 Å². The average molecular weight is 442 g/mol. The monoisotopic (exact) mass is 440 g/mol. The highest BCUT2D eigenvalue weighted by atomic mass is 79.9. The van der Waals surface area contributed by atoms with Gasteiger partial charge in [-0.15, -0.1) is 0 Å². The van der Waals surface area contributed by atoms with E-state index in [1.807, 2.05) is 12.1 Å². The summed E-state index contributed by atoms with van der Waals surface area (Å²) < 4.78 is 6.95. The lowest BCUT2D eigenvalue weighted by atomic mass is 10.1. The lowest BCUT2D eigenvalue weighted by Gasteiger charge is -2.07. The summed E-state index contributed by atoms with van der Waals surface area (Å²) in [6, 6.07) is 10.1. The van der Waals surface area contributed by atoms with Gasteiger partial charge in [-0.1, -0.05) is 28.1 Å². The first-order chi connectivity index (χ1) is 11.0. The first-order valence-electron chi connectivity index (χ1n) is 6.62. The molecule has 0 heterocycles. The Morgan fingerprint density at radius 3 is 2.65 bits per heavy atom. The summed E-state index contributed by atoms with van der Waals surface area (Å²) in [5.74, 6) is 0.546. The van der Waals surface area contributed by atoms with Gasteiger partial charge in [-0.05, 0) is 45.8 Å². The largest absolute Gasteiger partial charge is 0.508 e. The Labute approximate surface area is 150 Å². The Bertz CT molecular complexity index is 731. The van der Waals surface area contributed by atoms with Crippen molar-refractivity contribution in [1.82, 2.24) is 5.43 Å². The third-order valence-electron chi connectivity index (χ3n) is 2.94. The Balaban J connectivity index is 2.01. The van der Waals surface area contributed by atoms with Crippen LogP contribution in [0.15, 0.2) is 50.4 Å². The fraction of sp³-hybridized carbons (Fsp3) is 0.125. The molecule has 23 heavy (non-hydrogen) atoms. The number of halogens is 2. The second-order valence-corrected chi connectivity index (χ2v) is 6.42. The van der Waals surface area contributed by atoms with Gasteiger partial charge in [0.05, 0.1) is 24.2 Å². The minimum absolute atomic E-state index is 0.166. The molecule has 0 saturated carbocycles. The van der Waals surface area contributed by atoms with Crippen LogP contribution in [-0.4, -0.2) is 24.3 Å². The van der Waals surface area contributed by atoms with Crippen LogP contribution in [0.2, 0.25) is 0 Å². The number of aromatic hydroxyl groups is 1. The summed E-state index contributed by atoms with van der Waals surface area (Å²) in [6.07, 6.45) is 1.69. The molecule has 2 N–H and O–H groups in total. The SMILES string of the molecule is COc1c(Br)cc(Br)cc1/C=N\NC(=O)Cc1ccc(O)cc1. The van der Waals surface area contributed by atoms with Crippen molar-refractivity contribution >= 4 is 44.0 Å². The first-order valence-corrected chi connectivity index (χ1v) is 8.21. The summed E-state index contributed by atoms with van der Waals surface area (Å²) >= 11 is 6.80. The predicted molar refractivity (Wildman–Crippen MR) is 95.9 cm³/mol. The summed E-state index contributed by atoms with van der Waals surface area (Å²) in [6.45, 7) is 0. The first kappa shape index (κ1) is 17.5. The van der Waals surface area contributed by atoms with Gasteiger partial charge < -0.3 is 9.84 Å². The van der Waals surface area contributed by atoms with Gasteiger partial charge in [0.25, 0.3) is 0 Å². The average Bonchev–Trinajstić information content (AvgIpc) is 2.49. The third-order valence-corrected chi connectivity index (χ3v) is 3.98. The van der Waals surface area contributed by atoms with Crippen LogP contribution in [0.1, 0.15) is 11.1 Å². The number of hydrogen-bond acceptors (Lipinski definition) is 4. The van der Waals surface area contributed by atoms with Crippen molar-refractivity contribution in [1.29, 1.82) is 0 Å². The fourth-order valence-corrected chi connectivity index (χ4v) is 3.32. The van der Waals surface area contributed by atoms with Crippen LogP contribution in [0, 0.1) is 0 Å². The predicted octanol–water partition coefficient (Wildman–Crippen LogP) is 3.62. The highest BCUT2D eigenvalue weighted by molar-refractivity contribution is 9.11. The van der Waals surface area contributed by atoms with Crippen LogP contribution in [-0.2, 0) is 11.2 Å². The van der Waals surface area contributed by atoms with Gasteiger partial charge in [-0.3, -0.25) is 4.79 Å². The van der Waals surface area contributed by atoms with Crippen LogP contribution in [0.4, 0.5) is 0 Å². The van der Waals surface area contributed by atoms with Gasteiger partial charge in [0, 0.05) is 10.0 Å². The molecular formula is C16H14Br2N2O3. The van der Waals surface area contributed by atoms with E-state index in [2.05, 4.69) is 42.4 Å². The molecule has 0 aliphatic heterocycles. The molecule has 7 heteroatoms. The van der Waals surface area contributed by atoms with E-state index < -0.39 is 0 Å². The number of hydrazone groups is 1. The maximum Gasteiger partial charge on any atom is 0.244 e. The lowest BCUT2D eigenvalue weighted by molar-refractivity contribution is -0.120. The van der Waals surface area contributed by atoms with Gasteiger partial charge in [-0.2, -0.15) is 5.10 Å². The highest BCUT2D eigenvalue weighted by Gasteiger charge is 2.08. The van der Waals surface area contributed by atoms with Gasteiger partial charge in [0.1, 0.15) is 11.5 Å². The van der Waals surface area contributed by atoms with Crippen LogP contribution < -0.4 is 10.2 Å². The summed E-state index contributed by atoms with van der Waals surface area (Å²) in [5, 5.41) is 13.2. The molecule has 0 aliphatic carbocycles. The number of nitrogens with one attached hydrogen (secondary N) is 1. The number of carbonyl (C=O) groups excluding carboxylic acids is 1. The normalized spacial score (nSPS) is 10.7. The van der Waals surface area contributed by atoms with Crippen LogP contribution in [0.25, 0.3) is 0 Å². The number of ether oxygens (including phenoxy) is 1. The molecular weight excluding hydrogens is 428 g/mol. The zero-order valence-corrected chi connectivity index (χ0v) is 15.4. The molecule has 2 aromatic carbocycles. The number of phenolic OH excluding ortho intramolecular Hbond substituents is 1. The van der Waals surface area contributed by atoms with Crippen LogP contribution >= 0.6 is 31.9 Å². The van der Waals surface area contributed by atoms with Crippen molar-refractivity contribution in [3.05, 3.63) is 56.5 Å². The smallest absolute Gasteiger partial charge is 0.244 e. The van der Waals surface area contributed by atoms with Crippen molar-refractivity contribution in [3.8, 4) is 11.5 Å². The Morgan fingerprint density at radius 2 is 2.00 bits per heavy atom. The second-order valence-electron chi connectivity index (χ2n) is 4.65. The molecule has 2 aromatic rings. The zero-order valence-electron chi connectivity index (χ0n) is 12.2. The highest BCUT2D eigenvalue weighted by Crippen LogP contribution is 2.31. The Kier molecular flexibility index (Phi) is 6.18. The molecule has 0 radical (unpaired) electrons. The zero-order chi connectivity index (χ0) is 16.8. The van der Waals surface area contributed by atoms with Gasteiger partial charge >= 0.3 is 0 Å². The number of amides is 1. The van der Waals surface area contributed by atoms with Crippen molar-refractivity contribution in [2.24, 2.45) is 5.10 Å². The van der Waals surface area contributed by atoms with E-state index in [9.17, 15) is 9.90 Å². The molecule has 0 aliphatic rings. The third kappa shape index (κ3) is 5.07. The number of nitrogens with zero attached hydrogens (tertiary/aromatic N) is 1. The fourth-order valence-electron chi connectivity index (χ4n) is 1.90. The molecule has 0 saturated heterocycles. The topological polar surface area (TPSA) is 70.9 Å². The van der Waals surface area contributed by atoms with Crippen molar-refractivity contribution in [3.63, 3.8) is 0 Å². The lowest BCUT2D eigenvalue weighted by Crippen LogP contribution is -2.19. The van der Waals surface area contributed by atoms with Crippen LogP contribution in [0.3, 0.4) is 0 Å². The van der Waals surface area contributed by atoms with E-state index in [1.165, 1.54) is 18.3 Å². The molecule has 5 nitrogen and oxygen atoms in total. The molecule has 0 bridgehead atoms. The molecule has 120 valence electrons. The molecule has 0 aromatic heterocycles. The minimum Gasteiger partial charge on any atom is -0.508 e. The van der Waals surface area contributed by atoms with Gasteiger partial charge in [0.2, 0.25) is 5.91 Å². The van der Waals surface area contributed by atoms with Gasteiger partial charge in [-0.25, -0.2) is 5.43 Å². The van der Waals surface area contributed by atoms with E-state index >= 15 is 0 Å². The molecule has 0 atom stereocenters. The number of benzene rings is 2. The van der Waals surface area contributed by atoms with E-state index in [-0.39, 0.29) is 18.1 Å². The number of methoxy groups -OCH3 is 1. The standard InChI is InChI=1S/C16H14Br2N2O3/c1-23-16-11(7-12(17)8-14(16)18)9-19-20-15(22)6-10-2-4-13(21)5-3-10/h2-5,7-9,21H,6H2,1H3,(H,20,22)/b19-9-. The quantitative estimate of drug-likeness (QED) is 0.549. The summed E-state index contributed by atoms with van der Waals surface area (Å²) in [5.41, 5.74) is 3.98. The van der Waals surface area contributed by atoms with Crippen molar-refractivity contribution in [2.75, 3.05) is 7.11 Å². The van der Waals surface area contributed by atoms with Crippen LogP contribution in [0.5, 0.6) is 11.5 Å². The van der Waals surface area contributed by atoms with Gasteiger partial charge in [0.15, 0.2) is 0 Å². The molecule has 0 unspecified atom stereocenters. The van der Waals surface area contributed by atoms with Crippen molar-refractivity contribution in [2.45, 2.75) is 6.42 Å². The number of hydrogen-bond donors (Lipinski definition) is 2.